The number of carbonyl (C=O) groups excluding carboxylic acids is 2. The predicted molar refractivity (Wildman–Crippen MR) is 101 cm³/mol. The minimum absolute atomic E-state index is 0.0350. The monoisotopic (exact) mass is 422 g/mol. The standard InChI is InChI=1S/C18H13Cl2FN4O3/c19-10-5-6-13(20)12(9-10)16(26)22-7-8-23-17(27)18-24-15(25-28-18)11-3-1-2-4-14(11)21/h1-6,9H,7-8H2,(H,22,26)(H,23,27). The Labute approximate surface area is 168 Å². The first kappa shape index (κ1) is 19.8. The van der Waals surface area contributed by atoms with Gasteiger partial charge in [0.15, 0.2) is 0 Å². The summed E-state index contributed by atoms with van der Waals surface area (Å²) in [7, 11) is 0. The number of nitrogens with zero attached hydrogens (tertiary/aromatic N) is 2. The van der Waals surface area contributed by atoms with E-state index in [0.717, 1.165) is 0 Å². The molecule has 2 N–H and O–H groups in total. The fraction of sp³-hybridized carbons (Fsp3) is 0.111. The molecule has 0 saturated heterocycles. The fourth-order valence-corrected chi connectivity index (χ4v) is 2.64. The second-order valence-electron chi connectivity index (χ2n) is 5.54. The molecule has 7 nitrogen and oxygen atoms in total. The van der Waals surface area contributed by atoms with Crippen LogP contribution in [-0.4, -0.2) is 35.0 Å². The molecule has 0 aliphatic rings. The van der Waals surface area contributed by atoms with Gasteiger partial charge in [-0.05, 0) is 30.3 Å². The van der Waals surface area contributed by atoms with Crippen LogP contribution in [0, 0.1) is 5.82 Å². The van der Waals surface area contributed by atoms with Gasteiger partial charge in [-0.25, -0.2) is 4.39 Å². The predicted octanol–water partition coefficient (Wildman–Crippen LogP) is 3.34. The molecule has 3 aromatic rings. The minimum Gasteiger partial charge on any atom is -0.350 e. The first-order valence-electron chi connectivity index (χ1n) is 8.06. The average molecular weight is 423 g/mol. The molecule has 3 rings (SSSR count). The van der Waals surface area contributed by atoms with Crippen molar-refractivity contribution in [1.82, 2.24) is 20.8 Å². The zero-order chi connectivity index (χ0) is 20.1. The molecule has 0 radical (unpaired) electrons. The number of amides is 2. The van der Waals surface area contributed by atoms with Crippen molar-refractivity contribution in [2.45, 2.75) is 0 Å². The molecular formula is C18H13Cl2FN4O3. The highest BCUT2D eigenvalue weighted by Gasteiger charge is 2.18. The number of halogens is 3. The average Bonchev–Trinajstić information content (AvgIpc) is 3.17. The third kappa shape index (κ3) is 4.65. The van der Waals surface area contributed by atoms with E-state index in [9.17, 15) is 14.0 Å². The van der Waals surface area contributed by atoms with Gasteiger partial charge in [0.1, 0.15) is 5.82 Å². The molecular weight excluding hydrogens is 410 g/mol. The molecule has 0 spiro atoms. The molecule has 0 fully saturated rings. The number of aromatic nitrogens is 2. The lowest BCUT2D eigenvalue weighted by Gasteiger charge is -2.07. The number of carbonyl (C=O) groups is 2. The van der Waals surface area contributed by atoms with E-state index in [2.05, 4.69) is 20.8 Å². The Hall–Kier alpha value is -2.97. The number of rotatable bonds is 6. The summed E-state index contributed by atoms with van der Waals surface area (Å²) in [5.74, 6) is -1.96. The van der Waals surface area contributed by atoms with Gasteiger partial charge in [0.2, 0.25) is 5.82 Å². The van der Waals surface area contributed by atoms with Crippen LogP contribution in [0.4, 0.5) is 4.39 Å². The lowest BCUT2D eigenvalue weighted by atomic mass is 10.2. The van der Waals surface area contributed by atoms with Crippen molar-refractivity contribution in [3.8, 4) is 11.4 Å². The van der Waals surface area contributed by atoms with Crippen molar-refractivity contribution in [3.05, 3.63) is 69.8 Å². The largest absolute Gasteiger partial charge is 0.350 e. The van der Waals surface area contributed by atoms with Gasteiger partial charge >= 0.3 is 11.8 Å². The maximum Gasteiger partial charge on any atom is 0.316 e. The van der Waals surface area contributed by atoms with Gasteiger partial charge in [-0.3, -0.25) is 9.59 Å². The van der Waals surface area contributed by atoms with Crippen LogP contribution in [-0.2, 0) is 0 Å². The third-order valence-corrected chi connectivity index (χ3v) is 4.17. The number of hydrogen-bond donors (Lipinski definition) is 2. The molecule has 2 amide bonds. The van der Waals surface area contributed by atoms with Gasteiger partial charge in [-0.2, -0.15) is 4.98 Å². The normalized spacial score (nSPS) is 10.5. The van der Waals surface area contributed by atoms with Crippen LogP contribution in [0.1, 0.15) is 21.0 Å². The minimum atomic E-state index is -0.648. The van der Waals surface area contributed by atoms with Crippen molar-refractivity contribution >= 4 is 35.0 Å². The maximum absolute atomic E-state index is 13.7. The Bertz CT molecular complexity index is 1030. The molecule has 0 saturated carbocycles. The highest BCUT2D eigenvalue weighted by atomic mass is 35.5. The lowest BCUT2D eigenvalue weighted by Crippen LogP contribution is -2.34. The van der Waals surface area contributed by atoms with Crippen LogP contribution in [0.3, 0.4) is 0 Å². The Balaban J connectivity index is 1.52. The lowest BCUT2D eigenvalue weighted by molar-refractivity contribution is 0.0898. The Morgan fingerprint density at radius 2 is 1.75 bits per heavy atom. The van der Waals surface area contributed by atoms with E-state index in [1.165, 1.54) is 30.3 Å². The molecule has 10 heteroatoms. The van der Waals surface area contributed by atoms with Crippen molar-refractivity contribution in [1.29, 1.82) is 0 Å². The Kier molecular flexibility index (Phi) is 6.23. The van der Waals surface area contributed by atoms with Crippen LogP contribution in [0.5, 0.6) is 0 Å². The van der Waals surface area contributed by atoms with Crippen LogP contribution in [0.25, 0.3) is 11.4 Å². The first-order chi connectivity index (χ1) is 13.5. The summed E-state index contributed by atoms with van der Waals surface area (Å²) in [5, 5.41) is 9.35. The highest BCUT2D eigenvalue weighted by Crippen LogP contribution is 2.20. The van der Waals surface area contributed by atoms with Gasteiger partial charge in [0.05, 0.1) is 16.1 Å². The molecule has 1 aromatic heterocycles. The zero-order valence-electron chi connectivity index (χ0n) is 14.2. The van der Waals surface area contributed by atoms with Crippen molar-refractivity contribution in [2.75, 3.05) is 13.1 Å². The van der Waals surface area contributed by atoms with Crippen molar-refractivity contribution in [2.24, 2.45) is 0 Å². The maximum atomic E-state index is 13.7. The molecule has 2 aromatic carbocycles. The Morgan fingerprint density at radius 1 is 1.04 bits per heavy atom. The summed E-state index contributed by atoms with van der Waals surface area (Å²) >= 11 is 11.8. The van der Waals surface area contributed by atoms with Crippen molar-refractivity contribution in [3.63, 3.8) is 0 Å². The van der Waals surface area contributed by atoms with Crippen LogP contribution >= 0.6 is 23.2 Å². The summed E-state index contributed by atoms with van der Waals surface area (Å²) in [6.45, 7) is 0.224. The van der Waals surface area contributed by atoms with E-state index in [0.29, 0.717) is 5.02 Å². The Morgan fingerprint density at radius 3 is 2.50 bits per heavy atom. The topological polar surface area (TPSA) is 97.1 Å². The molecule has 0 unspecified atom stereocenters. The summed E-state index contributed by atoms with van der Waals surface area (Å²) in [6, 6.07) is 10.4. The van der Waals surface area contributed by atoms with E-state index >= 15 is 0 Å². The number of nitrogens with one attached hydrogen (secondary N) is 2. The van der Waals surface area contributed by atoms with E-state index in [1.807, 2.05) is 0 Å². The third-order valence-electron chi connectivity index (χ3n) is 3.60. The SMILES string of the molecule is O=C(NCCNC(=O)c1cc(Cl)ccc1Cl)c1nc(-c2ccccc2F)no1. The smallest absolute Gasteiger partial charge is 0.316 e. The molecule has 144 valence electrons. The van der Waals surface area contributed by atoms with Gasteiger partial charge in [-0.15, -0.1) is 0 Å². The summed E-state index contributed by atoms with van der Waals surface area (Å²) in [6.07, 6.45) is 0. The van der Waals surface area contributed by atoms with E-state index in [-0.39, 0.29) is 41.0 Å². The fourth-order valence-electron chi connectivity index (χ4n) is 2.26. The molecule has 0 bridgehead atoms. The second-order valence-corrected chi connectivity index (χ2v) is 6.38. The molecule has 0 aliphatic carbocycles. The van der Waals surface area contributed by atoms with E-state index in [4.69, 9.17) is 27.7 Å². The quantitative estimate of drug-likeness (QED) is 0.593. The molecule has 0 atom stereocenters. The van der Waals surface area contributed by atoms with Crippen LogP contribution in [0.2, 0.25) is 10.0 Å². The molecule has 0 aliphatic heterocycles. The van der Waals surface area contributed by atoms with Gasteiger partial charge < -0.3 is 15.2 Å². The molecule has 28 heavy (non-hydrogen) atoms. The summed E-state index contributed by atoms with van der Waals surface area (Å²) in [4.78, 5) is 28.0. The number of hydrogen-bond acceptors (Lipinski definition) is 5. The number of benzene rings is 2. The summed E-state index contributed by atoms with van der Waals surface area (Å²) in [5.41, 5.74) is 0.350. The van der Waals surface area contributed by atoms with E-state index < -0.39 is 17.6 Å². The van der Waals surface area contributed by atoms with Crippen LogP contribution in [0.15, 0.2) is 47.0 Å². The second kappa shape index (κ2) is 8.81. The van der Waals surface area contributed by atoms with Crippen LogP contribution < -0.4 is 10.6 Å². The van der Waals surface area contributed by atoms with E-state index in [1.54, 1.807) is 12.1 Å². The first-order valence-corrected chi connectivity index (χ1v) is 8.81. The summed E-state index contributed by atoms with van der Waals surface area (Å²) < 4.78 is 18.6. The van der Waals surface area contributed by atoms with Crippen molar-refractivity contribution < 1.29 is 18.5 Å². The molecule has 1 heterocycles. The highest BCUT2D eigenvalue weighted by molar-refractivity contribution is 6.35. The van der Waals surface area contributed by atoms with Gasteiger partial charge in [0.25, 0.3) is 5.91 Å². The van der Waals surface area contributed by atoms with Gasteiger partial charge in [0, 0.05) is 18.1 Å². The zero-order valence-corrected chi connectivity index (χ0v) is 15.7. The van der Waals surface area contributed by atoms with Gasteiger partial charge in [-0.1, -0.05) is 40.5 Å².